The third-order valence-corrected chi connectivity index (χ3v) is 4.97. The zero-order valence-electron chi connectivity index (χ0n) is 13.9. The maximum absolute atomic E-state index is 12.0. The Hall–Kier alpha value is -2.43. The van der Waals surface area contributed by atoms with Crippen molar-refractivity contribution in [2.45, 2.75) is 4.90 Å². The topological polar surface area (TPSA) is 131 Å². The van der Waals surface area contributed by atoms with Crippen LogP contribution in [0.25, 0.3) is 0 Å². The molecule has 0 aliphatic rings. The van der Waals surface area contributed by atoms with E-state index >= 15 is 0 Å². The molecule has 1 amide bonds. The molecule has 2 rings (SSSR count). The fourth-order valence-electron chi connectivity index (χ4n) is 2.08. The number of aromatic nitrogens is 1. The Morgan fingerprint density at radius 3 is 2.56 bits per heavy atom. The smallest absolute Gasteiger partial charge is 0.293 e. The Balaban J connectivity index is 2.02. The summed E-state index contributed by atoms with van der Waals surface area (Å²) in [4.78, 5) is 26.2. The summed E-state index contributed by atoms with van der Waals surface area (Å²) in [6.07, 6.45) is 0.962. The van der Waals surface area contributed by atoms with Gasteiger partial charge in [-0.25, -0.2) is 13.4 Å². The average Bonchev–Trinajstić information content (AvgIpc) is 2.59. The number of pyridine rings is 1. The van der Waals surface area contributed by atoms with Gasteiger partial charge in [0.2, 0.25) is 0 Å². The van der Waals surface area contributed by atoms with Crippen LogP contribution in [0.5, 0.6) is 0 Å². The molecule has 0 radical (unpaired) electrons. The van der Waals surface area contributed by atoms with E-state index in [1.54, 1.807) is 0 Å². The van der Waals surface area contributed by atoms with Crippen LogP contribution in [-0.2, 0) is 9.84 Å². The number of carbonyl (C=O) groups excluding carboxylic acids is 1. The van der Waals surface area contributed by atoms with E-state index in [-0.39, 0.29) is 45.2 Å². The Bertz CT molecular complexity index is 998. The summed E-state index contributed by atoms with van der Waals surface area (Å²) in [6.45, 7) is 0.247. The molecule has 0 saturated heterocycles. The van der Waals surface area contributed by atoms with Gasteiger partial charge in [-0.1, -0.05) is 23.2 Å². The number of benzene rings is 1. The van der Waals surface area contributed by atoms with Crippen LogP contribution in [-0.4, -0.2) is 43.6 Å². The van der Waals surface area contributed by atoms with Crippen LogP contribution in [0.15, 0.2) is 35.2 Å². The van der Waals surface area contributed by atoms with Crippen molar-refractivity contribution in [3.05, 3.63) is 56.3 Å². The third-order valence-electron chi connectivity index (χ3n) is 3.35. The van der Waals surface area contributed by atoms with Crippen LogP contribution in [0.3, 0.4) is 0 Å². The van der Waals surface area contributed by atoms with Gasteiger partial charge < -0.3 is 10.6 Å². The quantitative estimate of drug-likeness (QED) is 0.297. The predicted molar refractivity (Wildman–Crippen MR) is 101 cm³/mol. The van der Waals surface area contributed by atoms with Gasteiger partial charge >= 0.3 is 0 Å². The number of nitro groups is 1. The molecule has 0 aliphatic heterocycles. The lowest BCUT2D eigenvalue weighted by Crippen LogP contribution is -2.29. The highest BCUT2D eigenvalue weighted by atomic mass is 35.5. The number of nitrogens with one attached hydrogen (secondary N) is 2. The van der Waals surface area contributed by atoms with Crippen molar-refractivity contribution in [1.29, 1.82) is 0 Å². The van der Waals surface area contributed by atoms with Crippen molar-refractivity contribution >= 4 is 50.3 Å². The first-order valence-electron chi connectivity index (χ1n) is 7.42. The molecule has 1 aromatic heterocycles. The van der Waals surface area contributed by atoms with Gasteiger partial charge in [-0.2, -0.15) is 0 Å². The van der Waals surface area contributed by atoms with Gasteiger partial charge in [0.05, 0.1) is 14.8 Å². The maximum atomic E-state index is 12.0. The second-order valence-corrected chi connectivity index (χ2v) is 8.17. The third kappa shape index (κ3) is 5.52. The SMILES string of the molecule is CS(=O)(=O)c1ccc(NCCNC(=O)c2nc(Cl)ccc2Cl)c([N+](=O)[O-])c1. The Morgan fingerprint density at radius 1 is 1.22 bits per heavy atom. The molecule has 0 bridgehead atoms. The van der Waals surface area contributed by atoms with Crippen molar-refractivity contribution in [2.24, 2.45) is 0 Å². The van der Waals surface area contributed by atoms with Crippen LogP contribution in [0.1, 0.15) is 10.5 Å². The zero-order chi connectivity index (χ0) is 20.2. The monoisotopic (exact) mass is 432 g/mol. The normalized spacial score (nSPS) is 11.1. The fraction of sp³-hybridized carbons (Fsp3) is 0.200. The highest BCUT2D eigenvalue weighted by Gasteiger charge is 2.18. The zero-order valence-corrected chi connectivity index (χ0v) is 16.2. The van der Waals surface area contributed by atoms with Crippen molar-refractivity contribution in [3.63, 3.8) is 0 Å². The predicted octanol–water partition coefficient (Wildman–Crippen LogP) is 2.54. The molecule has 0 atom stereocenters. The van der Waals surface area contributed by atoms with Gasteiger partial charge in [0.15, 0.2) is 9.84 Å². The second kappa shape index (κ2) is 8.51. The molecule has 2 N–H and O–H groups in total. The first kappa shape index (κ1) is 20.9. The summed E-state index contributed by atoms with van der Waals surface area (Å²) < 4.78 is 23.0. The summed E-state index contributed by atoms with van der Waals surface area (Å²) in [5, 5.41) is 16.7. The molecular weight excluding hydrogens is 419 g/mol. The number of hydrogen-bond acceptors (Lipinski definition) is 7. The van der Waals surface area contributed by atoms with E-state index in [2.05, 4.69) is 15.6 Å². The standard InChI is InChI=1S/C15H14Cl2N4O5S/c1-27(25,26)9-2-4-11(12(8-9)21(23)24)18-6-7-19-15(22)14-10(16)3-5-13(17)20-14/h2-5,8,18H,6-7H2,1H3,(H,19,22). The number of nitro benzene ring substituents is 1. The maximum Gasteiger partial charge on any atom is 0.293 e. The van der Waals surface area contributed by atoms with Gasteiger partial charge in [0.25, 0.3) is 11.6 Å². The number of amides is 1. The number of carbonyl (C=O) groups is 1. The number of hydrogen-bond donors (Lipinski definition) is 2. The lowest BCUT2D eigenvalue weighted by molar-refractivity contribution is -0.384. The van der Waals surface area contributed by atoms with E-state index in [9.17, 15) is 23.3 Å². The summed E-state index contributed by atoms with van der Waals surface area (Å²) in [7, 11) is -3.57. The molecular formula is C15H14Cl2N4O5S. The van der Waals surface area contributed by atoms with Gasteiger partial charge in [-0.3, -0.25) is 14.9 Å². The van der Waals surface area contributed by atoms with E-state index in [1.807, 2.05) is 0 Å². The Labute approximate surface area is 164 Å². The second-order valence-electron chi connectivity index (χ2n) is 5.36. The molecule has 12 heteroatoms. The molecule has 0 spiro atoms. The first-order valence-corrected chi connectivity index (χ1v) is 10.1. The molecule has 2 aromatic rings. The molecule has 0 fully saturated rings. The van der Waals surface area contributed by atoms with Crippen molar-refractivity contribution in [1.82, 2.24) is 10.3 Å². The van der Waals surface area contributed by atoms with Crippen LogP contribution >= 0.6 is 23.2 Å². The average molecular weight is 433 g/mol. The fourth-order valence-corrected chi connectivity index (χ4v) is 3.06. The number of sulfone groups is 1. The largest absolute Gasteiger partial charge is 0.378 e. The van der Waals surface area contributed by atoms with E-state index in [0.717, 1.165) is 12.3 Å². The molecule has 9 nitrogen and oxygen atoms in total. The van der Waals surface area contributed by atoms with Gasteiger partial charge in [-0.15, -0.1) is 0 Å². The molecule has 0 aliphatic carbocycles. The lowest BCUT2D eigenvalue weighted by Gasteiger charge is -2.10. The number of nitrogens with zero attached hydrogens (tertiary/aromatic N) is 2. The Morgan fingerprint density at radius 2 is 1.93 bits per heavy atom. The molecule has 0 unspecified atom stereocenters. The molecule has 1 aromatic carbocycles. The summed E-state index contributed by atoms with van der Waals surface area (Å²) in [6, 6.07) is 6.43. The minimum absolute atomic E-state index is 0.0346. The van der Waals surface area contributed by atoms with Crippen molar-refractivity contribution in [2.75, 3.05) is 24.7 Å². The lowest BCUT2D eigenvalue weighted by atomic mass is 10.2. The van der Waals surface area contributed by atoms with Gasteiger partial charge in [0, 0.05) is 25.4 Å². The Kier molecular flexibility index (Phi) is 6.58. The van der Waals surface area contributed by atoms with E-state index < -0.39 is 20.7 Å². The van der Waals surface area contributed by atoms with Crippen LogP contribution in [0.4, 0.5) is 11.4 Å². The molecule has 144 valence electrons. The molecule has 27 heavy (non-hydrogen) atoms. The van der Waals surface area contributed by atoms with Crippen LogP contribution < -0.4 is 10.6 Å². The van der Waals surface area contributed by atoms with Crippen molar-refractivity contribution in [3.8, 4) is 0 Å². The van der Waals surface area contributed by atoms with E-state index in [0.29, 0.717) is 0 Å². The highest BCUT2D eigenvalue weighted by molar-refractivity contribution is 7.90. The summed E-state index contributed by atoms with van der Waals surface area (Å²) in [5.41, 5.74) is -0.294. The summed E-state index contributed by atoms with van der Waals surface area (Å²) >= 11 is 11.6. The number of rotatable bonds is 7. The first-order chi connectivity index (χ1) is 12.6. The highest BCUT2D eigenvalue weighted by Crippen LogP contribution is 2.27. The van der Waals surface area contributed by atoms with Gasteiger partial charge in [-0.05, 0) is 24.3 Å². The number of anilines is 1. The molecule has 0 saturated carbocycles. The number of halogens is 2. The minimum atomic E-state index is -3.57. The molecule has 1 heterocycles. The van der Waals surface area contributed by atoms with E-state index in [1.165, 1.54) is 24.3 Å². The van der Waals surface area contributed by atoms with Crippen molar-refractivity contribution < 1.29 is 18.1 Å². The van der Waals surface area contributed by atoms with Crippen LogP contribution in [0, 0.1) is 10.1 Å². The minimum Gasteiger partial charge on any atom is -0.378 e. The van der Waals surface area contributed by atoms with Gasteiger partial charge in [0.1, 0.15) is 16.5 Å². The summed E-state index contributed by atoms with van der Waals surface area (Å²) in [5.74, 6) is -0.550. The van der Waals surface area contributed by atoms with Crippen LogP contribution in [0.2, 0.25) is 10.2 Å². The van der Waals surface area contributed by atoms with E-state index in [4.69, 9.17) is 23.2 Å².